The standard InChI is InChI=1S/C16H29N3S/c1-6-10-17-15(7-2)9-8-11-20-16-18-13(4)12(3)14(5)19-16/h15,17H,6-11H2,1-5H3. The molecule has 0 spiro atoms. The summed E-state index contributed by atoms with van der Waals surface area (Å²) < 4.78 is 0. The lowest BCUT2D eigenvalue weighted by molar-refractivity contribution is 0.465. The first-order valence-electron chi connectivity index (χ1n) is 7.76. The van der Waals surface area contributed by atoms with E-state index in [2.05, 4.69) is 49.9 Å². The van der Waals surface area contributed by atoms with Crippen molar-refractivity contribution in [3.63, 3.8) is 0 Å². The largest absolute Gasteiger partial charge is 0.314 e. The maximum Gasteiger partial charge on any atom is 0.187 e. The van der Waals surface area contributed by atoms with Gasteiger partial charge in [0.05, 0.1) is 0 Å². The van der Waals surface area contributed by atoms with E-state index < -0.39 is 0 Å². The molecule has 1 heterocycles. The van der Waals surface area contributed by atoms with E-state index in [0.717, 1.165) is 28.8 Å². The van der Waals surface area contributed by atoms with Gasteiger partial charge in [-0.15, -0.1) is 0 Å². The highest BCUT2D eigenvalue weighted by Crippen LogP contribution is 2.18. The highest BCUT2D eigenvalue weighted by molar-refractivity contribution is 7.99. The minimum absolute atomic E-state index is 0.665. The van der Waals surface area contributed by atoms with Crippen LogP contribution in [0.1, 0.15) is 56.5 Å². The van der Waals surface area contributed by atoms with E-state index in [-0.39, 0.29) is 0 Å². The first kappa shape index (κ1) is 17.4. The molecule has 0 fully saturated rings. The van der Waals surface area contributed by atoms with Crippen LogP contribution in [0.4, 0.5) is 0 Å². The lowest BCUT2D eigenvalue weighted by Gasteiger charge is -2.16. The van der Waals surface area contributed by atoms with Crippen molar-refractivity contribution in [3.05, 3.63) is 17.0 Å². The number of aryl methyl sites for hydroxylation is 2. The third-order valence-electron chi connectivity index (χ3n) is 3.72. The molecular formula is C16H29N3S. The van der Waals surface area contributed by atoms with Crippen LogP contribution in [0.2, 0.25) is 0 Å². The summed E-state index contributed by atoms with van der Waals surface area (Å²) in [5, 5.41) is 4.53. The van der Waals surface area contributed by atoms with Gasteiger partial charge < -0.3 is 5.32 Å². The molecule has 1 rings (SSSR count). The molecule has 0 aliphatic heterocycles. The number of nitrogens with zero attached hydrogens (tertiary/aromatic N) is 2. The molecule has 114 valence electrons. The van der Waals surface area contributed by atoms with Crippen molar-refractivity contribution in [2.75, 3.05) is 12.3 Å². The summed E-state index contributed by atoms with van der Waals surface area (Å²) in [6.45, 7) is 11.8. The molecule has 0 radical (unpaired) electrons. The summed E-state index contributed by atoms with van der Waals surface area (Å²) in [6, 6.07) is 0.665. The maximum atomic E-state index is 4.56. The summed E-state index contributed by atoms with van der Waals surface area (Å²) in [4.78, 5) is 9.11. The molecule has 0 aliphatic carbocycles. The van der Waals surface area contributed by atoms with Crippen LogP contribution in [-0.4, -0.2) is 28.3 Å². The zero-order chi connectivity index (χ0) is 15.0. The van der Waals surface area contributed by atoms with E-state index >= 15 is 0 Å². The van der Waals surface area contributed by atoms with Crippen molar-refractivity contribution < 1.29 is 0 Å². The highest BCUT2D eigenvalue weighted by Gasteiger charge is 2.07. The molecule has 0 saturated heterocycles. The lowest BCUT2D eigenvalue weighted by Crippen LogP contribution is -2.29. The van der Waals surface area contributed by atoms with E-state index in [0.29, 0.717) is 6.04 Å². The van der Waals surface area contributed by atoms with Gasteiger partial charge in [0.25, 0.3) is 0 Å². The molecule has 1 atom stereocenters. The quantitative estimate of drug-likeness (QED) is 0.424. The molecule has 4 heteroatoms. The molecule has 1 aromatic heterocycles. The Morgan fingerprint density at radius 3 is 2.30 bits per heavy atom. The van der Waals surface area contributed by atoms with Crippen molar-refractivity contribution in [1.29, 1.82) is 0 Å². The molecule has 1 N–H and O–H groups in total. The minimum atomic E-state index is 0.665. The second-order valence-electron chi connectivity index (χ2n) is 5.35. The predicted molar refractivity (Wildman–Crippen MR) is 88.6 cm³/mol. The molecular weight excluding hydrogens is 266 g/mol. The fourth-order valence-electron chi connectivity index (χ4n) is 2.10. The Kier molecular flexibility index (Phi) is 8.15. The van der Waals surface area contributed by atoms with Gasteiger partial charge in [-0.1, -0.05) is 25.6 Å². The Morgan fingerprint density at radius 1 is 1.10 bits per heavy atom. The average molecular weight is 295 g/mol. The number of hydrogen-bond acceptors (Lipinski definition) is 4. The lowest BCUT2D eigenvalue weighted by atomic mass is 10.1. The van der Waals surface area contributed by atoms with E-state index in [1.807, 2.05) is 0 Å². The second kappa shape index (κ2) is 9.35. The van der Waals surface area contributed by atoms with Crippen LogP contribution < -0.4 is 5.32 Å². The summed E-state index contributed by atoms with van der Waals surface area (Å²) in [5.74, 6) is 1.10. The van der Waals surface area contributed by atoms with E-state index in [9.17, 15) is 0 Å². The van der Waals surface area contributed by atoms with Gasteiger partial charge in [-0.2, -0.15) is 0 Å². The van der Waals surface area contributed by atoms with Crippen LogP contribution in [0.3, 0.4) is 0 Å². The molecule has 0 aliphatic rings. The third-order valence-corrected chi connectivity index (χ3v) is 4.65. The predicted octanol–water partition coefficient (Wildman–Crippen LogP) is 4.05. The van der Waals surface area contributed by atoms with Gasteiger partial charge in [0.1, 0.15) is 0 Å². The van der Waals surface area contributed by atoms with Gasteiger partial charge in [-0.05, 0) is 58.6 Å². The fourth-order valence-corrected chi connectivity index (χ4v) is 2.99. The van der Waals surface area contributed by atoms with Gasteiger partial charge in [-0.3, -0.25) is 0 Å². The topological polar surface area (TPSA) is 37.8 Å². The van der Waals surface area contributed by atoms with Crippen LogP contribution in [0, 0.1) is 20.8 Å². The Labute approximate surface area is 128 Å². The number of hydrogen-bond donors (Lipinski definition) is 1. The third kappa shape index (κ3) is 5.80. The van der Waals surface area contributed by atoms with Crippen LogP contribution in [0.15, 0.2) is 5.16 Å². The molecule has 1 aromatic rings. The molecule has 0 amide bonds. The Bertz CT molecular complexity index is 384. The zero-order valence-corrected chi connectivity index (χ0v) is 14.4. The Hall–Kier alpha value is -0.610. The molecule has 1 unspecified atom stereocenters. The van der Waals surface area contributed by atoms with Crippen molar-refractivity contribution in [2.45, 2.75) is 71.5 Å². The van der Waals surface area contributed by atoms with Crippen LogP contribution >= 0.6 is 11.8 Å². The van der Waals surface area contributed by atoms with Gasteiger partial charge in [-0.25, -0.2) is 9.97 Å². The summed E-state index contributed by atoms with van der Waals surface area (Å²) in [5.41, 5.74) is 3.43. The molecule has 20 heavy (non-hydrogen) atoms. The van der Waals surface area contributed by atoms with Gasteiger partial charge in [0.2, 0.25) is 0 Å². The van der Waals surface area contributed by atoms with Gasteiger partial charge in [0, 0.05) is 23.2 Å². The molecule has 0 aromatic carbocycles. The van der Waals surface area contributed by atoms with E-state index in [4.69, 9.17) is 0 Å². The normalized spacial score (nSPS) is 12.7. The van der Waals surface area contributed by atoms with Crippen LogP contribution in [-0.2, 0) is 0 Å². The van der Waals surface area contributed by atoms with E-state index in [1.54, 1.807) is 11.8 Å². The van der Waals surface area contributed by atoms with Crippen LogP contribution in [0.25, 0.3) is 0 Å². The van der Waals surface area contributed by atoms with Crippen molar-refractivity contribution in [1.82, 2.24) is 15.3 Å². The highest BCUT2D eigenvalue weighted by atomic mass is 32.2. The number of nitrogens with one attached hydrogen (secondary N) is 1. The molecule has 0 bridgehead atoms. The summed E-state index contributed by atoms with van der Waals surface area (Å²) in [7, 11) is 0. The molecule has 3 nitrogen and oxygen atoms in total. The number of thioether (sulfide) groups is 1. The smallest absolute Gasteiger partial charge is 0.187 e. The Morgan fingerprint density at radius 2 is 1.75 bits per heavy atom. The maximum absolute atomic E-state index is 4.56. The minimum Gasteiger partial charge on any atom is -0.314 e. The summed E-state index contributed by atoms with van der Waals surface area (Å²) >= 11 is 1.78. The molecule has 0 saturated carbocycles. The Balaban J connectivity index is 2.33. The monoisotopic (exact) mass is 295 g/mol. The van der Waals surface area contributed by atoms with Crippen molar-refractivity contribution >= 4 is 11.8 Å². The number of aromatic nitrogens is 2. The SMILES string of the molecule is CCCNC(CC)CCCSc1nc(C)c(C)c(C)n1. The first-order chi connectivity index (χ1) is 9.58. The second-order valence-corrected chi connectivity index (χ2v) is 6.41. The van der Waals surface area contributed by atoms with Gasteiger partial charge >= 0.3 is 0 Å². The van der Waals surface area contributed by atoms with Crippen molar-refractivity contribution in [2.24, 2.45) is 0 Å². The van der Waals surface area contributed by atoms with Gasteiger partial charge in [0.15, 0.2) is 5.16 Å². The van der Waals surface area contributed by atoms with Crippen LogP contribution in [0.5, 0.6) is 0 Å². The average Bonchev–Trinajstić information content (AvgIpc) is 2.44. The fraction of sp³-hybridized carbons (Fsp3) is 0.750. The summed E-state index contributed by atoms with van der Waals surface area (Å²) in [6.07, 6.45) is 4.88. The first-order valence-corrected chi connectivity index (χ1v) is 8.75. The van der Waals surface area contributed by atoms with Crippen molar-refractivity contribution in [3.8, 4) is 0 Å². The zero-order valence-electron chi connectivity index (χ0n) is 13.6. The number of rotatable bonds is 9. The van der Waals surface area contributed by atoms with E-state index in [1.165, 1.54) is 31.2 Å².